The largest absolute Gasteiger partial charge is 0.407 e. The zero-order chi connectivity index (χ0) is 24.7. The number of carbonyl (C=O) groups is 1. The van der Waals surface area contributed by atoms with E-state index in [1.165, 1.54) is 18.2 Å². The summed E-state index contributed by atoms with van der Waals surface area (Å²) in [5, 5.41) is 9.68. The molecule has 0 aliphatic carbocycles. The average molecular weight is 520 g/mol. The molecule has 1 unspecified atom stereocenters. The minimum Gasteiger partial charge on any atom is -0.299 e. The fourth-order valence-electron chi connectivity index (χ4n) is 4.12. The summed E-state index contributed by atoms with van der Waals surface area (Å²) in [6.07, 6.45) is -4.32. The molecule has 0 radical (unpaired) electrons. The van der Waals surface area contributed by atoms with Crippen molar-refractivity contribution in [3.63, 3.8) is 0 Å². The Labute approximate surface area is 209 Å². The third-order valence-electron chi connectivity index (χ3n) is 5.91. The Balaban J connectivity index is 1.75. The summed E-state index contributed by atoms with van der Waals surface area (Å²) >= 11 is 12.8. The number of nitrogens with zero attached hydrogens (tertiary/aromatic N) is 1. The summed E-state index contributed by atoms with van der Waals surface area (Å²) < 4.78 is 41.2. The molecule has 0 saturated carbocycles. The topological polar surface area (TPSA) is 40.9 Å². The lowest BCUT2D eigenvalue weighted by molar-refractivity contribution is -0.161. The molecule has 1 aliphatic heterocycles. The molecule has 0 aromatic heterocycles. The van der Waals surface area contributed by atoms with Gasteiger partial charge in [-0.15, -0.1) is 11.8 Å². The van der Waals surface area contributed by atoms with E-state index in [1.807, 2.05) is 0 Å². The SMILES string of the molecule is CCC(=O)Cc1cc(-c2ccc3c(c2)CC(c2cc(Cl)cc(Cl)c2)(C(F)(F)F)S3)ccc1C#N. The van der Waals surface area contributed by atoms with Gasteiger partial charge in [0.25, 0.3) is 0 Å². The number of alkyl halides is 3. The van der Waals surface area contributed by atoms with E-state index in [9.17, 15) is 23.2 Å². The van der Waals surface area contributed by atoms with Gasteiger partial charge in [-0.2, -0.15) is 18.4 Å². The summed E-state index contributed by atoms with van der Waals surface area (Å²) in [5.74, 6) is 0.00847. The highest BCUT2D eigenvalue weighted by Gasteiger charge is 2.59. The van der Waals surface area contributed by atoms with Crippen LogP contribution in [0.1, 0.15) is 35.6 Å². The van der Waals surface area contributed by atoms with Crippen molar-refractivity contribution in [2.45, 2.75) is 42.0 Å². The number of hydrogen-bond donors (Lipinski definition) is 0. The van der Waals surface area contributed by atoms with Gasteiger partial charge in [-0.05, 0) is 70.3 Å². The van der Waals surface area contributed by atoms with Crippen LogP contribution >= 0.6 is 35.0 Å². The van der Waals surface area contributed by atoms with Crippen molar-refractivity contribution in [3.05, 3.63) is 86.9 Å². The van der Waals surface area contributed by atoms with Crippen molar-refractivity contribution < 1.29 is 18.0 Å². The van der Waals surface area contributed by atoms with Crippen LogP contribution in [0, 0.1) is 11.3 Å². The van der Waals surface area contributed by atoms with E-state index < -0.39 is 10.9 Å². The van der Waals surface area contributed by atoms with Crippen LogP contribution < -0.4 is 0 Å². The van der Waals surface area contributed by atoms with Crippen LogP contribution in [0.5, 0.6) is 0 Å². The lowest BCUT2D eigenvalue weighted by atomic mass is 9.89. The third kappa shape index (κ3) is 4.57. The molecule has 0 bridgehead atoms. The fourth-order valence-corrected chi connectivity index (χ4v) is 6.00. The van der Waals surface area contributed by atoms with E-state index in [0.717, 1.165) is 22.9 Å². The Morgan fingerprint density at radius 2 is 1.71 bits per heavy atom. The van der Waals surface area contributed by atoms with Gasteiger partial charge in [-0.3, -0.25) is 4.79 Å². The molecule has 2 nitrogen and oxygen atoms in total. The summed E-state index contributed by atoms with van der Waals surface area (Å²) in [5.41, 5.74) is 3.05. The molecule has 0 saturated heterocycles. The van der Waals surface area contributed by atoms with E-state index in [4.69, 9.17) is 23.2 Å². The first-order valence-electron chi connectivity index (χ1n) is 10.5. The van der Waals surface area contributed by atoms with Gasteiger partial charge in [0.1, 0.15) is 10.5 Å². The van der Waals surface area contributed by atoms with Crippen molar-refractivity contribution in [1.29, 1.82) is 5.26 Å². The highest BCUT2D eigenvalue weighted by Crippen LogP contribution is 2.60. The number of fused-ring (bicyclic) bond motifs is 1. The van der Waals surface area contributed by atoms with Crippen molar-refractivity contribution in [2.75, 3.05) is 0 Å². The van der Waals surface area contributed by atoms with Crippen molar-refractivity contribution in [2.24, 2.45) is 0 Å². The minimum atomic E-state index is -4.55. The van der Waals surface area contributed by atoms with Gasteiger partial charge in [0, 0.05) is 34.2 Å². The van der Waals surface area contributed by atoms with Gasteiger partial charge in [-0.25, -0.2) is 0 Å². The first kappa shape index (κ1) is 24.7. The zero-order valence-electron chi connectivity index (χ0n) is 18.0. The molecule has 0 amide bonds. The second-order valence-corrected chi connectivity index (χ2v) is 10.4. The van der Waals surface area contributed by atoms with E-state index in [1.54, 1.807) is 43.3 Å². The van der Waals surface area contributed by atoms with Gasteiger partial charge >= 0.3 is 6.18 Å². The molecule has 34 heavy (non-hydrogen) atoms. The molecule has 3 aromatic rings. The summed E-state index contributed by atoms with van der Waals surface area (Å²) in [6, 6.07) is 16.5. The van der Waals surface area contributed by atoms with Crippen LogP contribution in [0.25, 0.3) is 11.1 Å². The van der Waals surface area contributed by atoms with Crippen LogP contribution in [0.3, 0.4) is 0 Å². The normalized spacial score (nSPS) is 17.3. The van der Waals surface area contributed by atoms with E-state index >= 15 is 0 Å². The Bertz CT molecular complexity index is 1310. The fraction of sp³-hybridized carbons (Fsp3) is 0.231. The van der Waals surface area contributed by atoms with E-state index in [2.05, 4.69) is 6.07 Å². The maximum atomic E-state index is 14.5. The number of benzene rings is 3. The Morgan fingerprint density at radius 3 is 2.32 bits per heavy atom. The Morgan fingerprint density at radius 1 is 1.06 bits per heavy atom. The maximum absolute atomic E-state index is 14.5. The second-order valence-electron chi connectivity index (χ2n) is 8.14. The number of Topliss-reactive ketones (excluding diaryl/α,β-unsaturated/α-hetero) is 1. The molecule has 3 aromatic carbocycles. The predicted octanol–water partition coefficient (Wildman–Crippen LogP) is 8.16. The summed E-state index contributed by atoms with van der Waals surface area (Å²) in [7, 11) is 0. The number of rotatable bonds is 5. The quantitative estimate of drug-likeness (QED) is 0.341. The first-order valence-corrected chi connectivity index (χ1v) is 12.0. The second kappa shape index (κ2) is 9.30. The number of carbonyl (C=O) groups excluding carboxylic acids is 1. The molecule has 1 heterocycles. The smallest absolute Gasteiger partial charge is 0.299 e. The molecule has 4 rings (SSSR count). The molecule has 0 N–H and O–H groups in total. The van der Waals surface area contributed by atoms with Crippen LogP contribution in [-0.2, 0) is 22.4 Å². The van der Waals surface area contributed by atoms with Gasteiger partial charge in [0.2, 0.25) is 0 Å². The Hall–Kier alpha value is -2.46. The summed E-state index contributed by atoms with van der Waals surface area (Å²) in [6.45, 7) is 1.76. The molecule has 1 aliphatic rings. The van der Waals surface area contributed by atoms with Gasteiger partial charge in [0.15, 0.2) is 0 Å². The average Bonchev–Trinajstić information content (AvgIpc) is 3.19. The molecular formula is C26H18Cl2F3NOS. The molecule has 0 spiro atoms. The van der Waals surface area contributed by atoms with Crippen molar-refractivity contribution in [3.8, 4) is 17.2 Å². The first-order chi connectivity index (χ1) is 16.1. The molecule has 174 valence electrons. The van der Waals surface area contributed by atoms with Crippen LogP contribution in [0.4, 0.5) is 13.2 Å². The van der Waals surface area contributed by atoms with Crippen LogP contribution in [-0.4, -0.2) is 12.0 Å². The van der Waals surface area contributed by atoms with E-state index in [0.29, 0.717) is 28.0 Å². The lowest BCUT2D eigenvalue weighted by Gasteiger charge is -2.31. The van der Waals surface area contributed by atoms with Crippen molar-refractivity contribution >= 4 is 40.7 Å². The monoisotopic (exact) mass is 519 g/mol. The number of ketones is 1. The van der Waals surface area contributed by atoms with E-state index in [-0.39, 0.29) is 34.2 Å². The predicted molar refractivity (Wildman–Crippen MR) is 129 cm³/mol. The van der Waals surface area contributed by atoms with Crippen LogP contribution in [0.15, 0.2) is 59.5 Å². The molecule has 0 fully saturated rings. The highest BCUT2D eigenvalue weighted by atomic mass is 35.5. The number of nitriles is 1. The molecular weight excluding hydrogens is 502 g/mol. The lowest BCUT2D eigenvalue weighted by Crippen LogP contribution is -2.39. The Kier molecular flexibility index (Phi) is 6.74. The number of hydrogen-bond acceptors (Lipinski definition) is 3. The van der Waals surface area contributed by atoms with Gasteiger partial charge in [0.05, 0.1) is 11.6 Å². The highest BCUT2D eigenvalue weighted by molar-refractivity contribution is 8.00. The standard InChI is InChI=1S/C26H18Cl2F3NOS/c1-2-23(33)9-18-7-15(3-4-17(18)14-32)16-5-6-24-19(8-16)13-25(34-24,26(29,30)31)20-10-21(27)12-22(28)11-20/h3-8,10-12H,2,9,13H2,1H3. The van der Waals surface area contributed by atoms with Gasteiger partial charge < -0.3 is 0 Å². The molecule has 1 atom stereocenters. The molecule has 8 heteroatoms. The maximum Gasteiger partial charge on any atom is 0.407 e. The zero-order valence-corrected chi connectivity index (χ0v) is 20.3. The van der Waals surface area contributed by atoms with Gasteiger partial charge in [-0.1, -0.05) is 42.3 Å². The number of halogens is 5. The summed E-state index contributed by atoms with van der Waals surface area (Å²) in [4.78, 5) is 12.5. The van der Waals surface area contributed by atoms with Crippen molar-refractivity contribution in [1.82, 2.24) is 0 Å². The minimum absolute atomic E-state index is 0.00847. The van der Waals surface area contributed by atoms with Crippen LogP contribution in [0.2, 0.25) is 10.0 Å². The number of thioether (sulfide) groups is 1. The third-order valence-corrected chi connectivity index (χ3v) is 7.93.